The molecule has 406 valence electrons. The Morgan fingerprint density at radius 2 is 1.10 bits per heavy atom. The van der Waals surface area contributed by atoms with E-state index in [4.69, 9.17) is 20.6 Å². The standard InChI is InChI=1S/C64H115NO5/c1-8-15-26-38-58(39-27-16-9-2)42-34-52-69-63(14-7)44-30-22-20-24-32-50-65-55-60(47-49-62(66)48-46-57(36-13-6)37-19-12-5)54-61(65)56-68-51-33-25-21-23-31-45-64(67)70-53-35-43-59(40-28-17-10-3)41-29-18-11-4/h5,47,49,57-61H,7-11,13,15-46,48,50-56H2,1-4,6H3/b49-47+/t57?,60-,61-/m0/s1. The highest BCUT2D eigenvalue weighted by molar-refractivity contribution is 5.89. The fourth-order valence-corrected chi connectivity index (χ4v) is 10.8. The monoisotopic (exact) mass is 978 g/mol. The Morgan fingerprint density at radius 1 is 0.571 bits per heavy atom. The molecular formula is C64H115NO5. The Morgan fingerprint density at radius 3 is 1.67 bits per heavy atom. The van der Waals surface area contributed by atoms with Crippen molar-refractivity contribution in [3.63, 3.8) is 0 Å². The minimum Gasteiger partial charge on any atom is -0.490 e. The van der Waals surface area contributed by atoms with Gasteiger partial charge < -0.3 is 14.2 Å². The predicted octanol–water partition coefficient (Wildman–Crippen LogP) is 18.5. The van der Waals surface area contributed by atoms with Gasteiger partial charge in [-0.15, -0.1) is 12.3 Å². The van der Waals surface area contributed by atoms with E-state index in [2.05, 4.69) is 63.8 Å². The number of likely N-dealkylation sites (tertiary alicyclic amines) is 1. The molecule has 1 fully saturated rings. The fourth-order valence-electron chi connectivity index (χ4n) is 10.8. The van der Waals surface area contributed by atoms with Crippen LogP contribution in [0, 0.1) is 36.0 Å². The van der Waals surface area contributed by atoms with Gasteiger partial charge in [-0.05, 0) is 107 Å². The second-order valence-electron chi connectivity index (χ2n) is 21.7. The summed E-state index contributed by atoms with van der Waals surface area (Å²) < 4.78 is 18.2. The number of terminal acetylenes is 1. The van der Waals surface area contributed by atoms with Gasteiger partial charge >= 0.3 is 5.97 Å². The maximum atomic E-state index is 13.0. The highest BCUT2D eigenvalue weighted by Crippen LogP contribution is 2.28. The van der Waals surface area contributed by atoms with Crippen LogP contribution in [0.2, 0.25) is 0 Å². The summed E-state index contributed by atoms with van der Waals surface area (Å²) in [7, 11) is 0. The molecule has 0 bridgehead atoms. The number of nitrogens with zero attached hydrogens (tertiary/aromatic N) is 1. The van der Waals surface area contributed by atoms with Gasteiger partial charge in [-0.2, -0.15) is 0 Å². The number of carbonyl (C=O) groups is 2. The van der Waals surface area contributed by atoms with E-state index in [-0.39, 0.29) is 11.8 Å². The predicted molar refractivity (Wildman–Crippen MR) is 301 cm³/mol. The average Bonchev–Trinajstić information content (AvgIpc) is 3.76. The molecule has 0 N–H and O–H groups in total. The molecule has 0 spiro atoms. The van der Waals surface area contributed by atoms with Crippen molar-refractivity contribution in [3.8, 4) is 12.3 Å². The third kappa shape index (κ3) is 38.3. The molecule has 1 aliphatic rings. The van der Waals surface area contributed by atoms with Gasteiger partial charge in [0.1, 0.15) is 5.76 Å². The van der Waals surface area contributed by atoms with Gasteiger partial charge in [-0.25, -0.2) is 0 Å². The van der Waals surface area contributed by atoms with Crippen LogP contribution in [0.1, 0.15) is 285 Å². The van der Waals surface area contributed by atoms with Gasteiger partial charge in [-0.1, -0.05) is 207 Å². The lowest BCUT2D eigenvalue weighted by atomic mass is 9.91. The van der Waals surface area contributed by atoms with Crippen LogP contribution in [0.15, 0.2) is 30.2 Å². The number of ether oxygens (including phenoxy) is 3. The lowest BCUT2D eigenvalue weighted by molar-refractivity contribution is -0.144. The molecule has 1 saturated heterocycles. The number of ketones is 1. The highest BCUT2D eigenvalue weighted by Gasteiger charge is 2.30. The van der Waals surface area contributed by atoms with Gasteiger partial charge in [0.05, 0.1) is 19.8 Å². The normalized spacial score (nSPS) is 15.5. The third-order valence-corrected chi connectivity index (χ3v) is 15.2. The average molecular weight is 979 g/mol. The lowest BCUT2D eigenvalue weighted by Crippen LogP contribution is -2.34. The minimum absolute atomic E-state index is 0.0211. The molecule has 6 nitrogen and oxygen atoms in total. The van der Waals surface area contributed by atoms with Crippen LogP contribution in [0.5, 0.6) is 0 Å². The number of allylic oxidation sites excluding steroid dienone is 2. The van der Waals surface area contributed by atoms with E-state index in [1.807, 2.05) is 6.08 Å². The Hall–Kier alpha value is -2.32. The zero-order chi connectivity index (χ0) is 51.0. The SMILES string of the molecule is C#CCCC(CCC)CCC(=O)/C=C/[C@H]1C[C@@H](COCCCCCCCC(=O)OCCCC(CCCCC)CCCCC)N(CCCCCCCC(=C=C)OCCCC(CCCCC)CCCCC)C1. The van der Waals surface area contributed by atoms with E-state index < -0.39 is 0 Å². The molecule has 1 heterocycles. The van der Waals surface area contributed by atoms with Crippen molar-refractivity contribution < 1.29 is 23.8 Å². The van der Waals surface area contributed by atoms with Crippen molar-refractivity contribution in [2.45, 2.75) is 291 Å². The molecule has 3 atom stereocenters. The van der Waals surface area contributed by atoms with Crippen molar-refractivity contribution >= 4 is 11.8 Å². The van der Waals surface area contributed by atoms with E-state index in [0.29, 0.717) is 37.3 Å². The fraction of sp³-hybridized carbons (Fsp3) is 0.859. The van der Waals surface area contributed by atoms with Crippen LogP contribution in [-0.4, -0.2) is 62.2 Å². The quantitative estimate of drug-likeness (QED) is 0.0151. The molecule has 0 aromatic rings. The Bertz CT molecular complexity index is 1310. The number of hydrogen-bond acceptors (Lipinski definition) is 6. The lowest BCUT2D eigenvalue weighted by Gasteiger charge is -2.24. The van der Waals surface area contributed by atoms with Crippen LogP contribution in [-0.2, 0) is 23.8 Å². The maximum absolute atomic E-state index is 13.0. The molecule has 0 amide bonds. The molecule has 70 heavy (non-hydrogen) atoms. The van der Waals surface area contributed by atoms with Gasteiger partial charge in [0.15, 0.2) is 5.78 Å². The zero-order valence-electron chi connectivity index (χ0n) is 47.1. The largest absolute Gasteiger partial charge is 0.490 e. The summed E-state index contributed by atoms with van der Waals surface area (Å²) in [6.45, 7) is 20.3. The second-order valence-corrected chi connectivity index (χ2v) is 21.7. The molecule has 0 aromatic carbocycles. The molecular weight excluding hydrogens is 863 g/mol. The Labute approximate surface area is 435 Å². The van der Waals surface area contributed by atoms with Gasteiger partial charge in [0, 0.05) is 44.9 Å². The van der Waals surface area contributed by atoms with E-state index in [1.54, 1.807) is 0 Å². The number of carbonyl (C=O) groups excluding carboxylic acids is 2. The summed E-state index contributed by atoms with van der Waals surface area (Å²) in [5, 5.41) is 0. The molecule has 0 aromatic heterocycles. The highest BCUT2D eigenvalue weighted by atomic mass is 16.5. The second kappa shape index (κ2) is 48.9. The first-order valence-electron chi connectivity index (χ1n) is 30.5. The molecule has 0 saturated carbocycles. The first-order chi connectivity index (χ1) is 34.3. The third-order valence-electron chi connectivity index (χ3n) is 15.2. The van der Waals surface area contributed by atoms with Gasteiger partial charge in [-0.3, -0.25) is 14.5 Å². The van der Waals surface area contributed by atoms with Crippen molar-refractivity contribution in [3.05, 3.63) is 30.2 Å². The number of hydrogen-bond donors (Lipinski definition) is 0. The van der Waals surface area contributed by atoms with Crippen molar-refractivity contribution in [1.82, 2.24) is 4.90 Å². The van der Waals surface area contributed by atoms with E-state index in [9.17, 15) is 9.59 Å². The van der Waals surface area contributed by atoms with Crippen LogP contribution in [0.4, 0.5) is 0 Å². The number of rotatable bonds is 52. The first-order valence-corrected chi connectivity index (χ1v) is 30.5. The number of unbranched alkanes of at least 4 members (excludes halogenated alkanes) is 16. The summed E-state index contributed by atoms with van der Waals surface area (Å²) in [6.07, 6.45) is 55.1. The van der Waals surface area contributed by atoms with E-state index in [1.165, 1.54) is 141 Å². The molecule has 6 heteroatoms. The summed E-state index contributed by atoms with van der Waals surface area (Å²) in [4.78, 5) is 28.0. The summed E-state index contributed by atoms with van der Waals surface area (Å²) >= 11 is 0. The van der Waals surface area contributed by atoms with Gasteiger partial charge in [0.2, 0.25) is 0 Å². The summed E-state index contributed by atoms with van der Waals surface area (Å²) in [5.41, 5.74) is 3.10. The first kappa shape index (κ1) is 65.7. The van der Waals surface area contributed by atoms with Crippen LogP contribution >= 0.6 is 0 Å². The minimum atomic E-state index is -0.0211. The van der Waals surface area contributed by atoms with Crippen LogP contribution < -0.4 is 0 Å². The van der Waals surface area contributed by atoms with Crippen molar-refractivity contribution in [2.24, 2.45) is 23.7 Å². The zero-order valence-corrected chi connectivity index (χ0v) is 47.1. The van der Waals surface area contributed by atoms with Crippen LogP contribution in [0.3, 0.4) is 0 Å². The van der Waals surface area contributed by atoms with Crippen molar-refractivity contribution in [2.75, 3.05) is 39.5 Å². The molecule has 1 unspecified atom stereocenters. The Kier molecular flexibility index (Phi) is 45.9. The van der Waals surface area contributed by atoms with E-state index >= 15 is 0 Å². The Balaban J connectivity index is 2.47. The summed E-state index contributed by atoms with van der Waals surface area (Å²) in [6, 6.07) is 0.391. The van der Waals surface area contributed by atoms with E-state index in [0.717, 1.165) is 147 Å². The van der Waals surface area contributed by atoms with Gasteiger partial charge in [0.25, 0.3) is 0 Å². The number of esters is 1. The van der Waals surface area contributed by atoms with Crippen molar-refractivity contribution in [1.29, 1.82) is 0 Å². The summed E-state index contributed by atoms with van der Waals surface area (Å²) in [5.74, 6) is 6.55. The maximum Gasteiger partial charge on any atom is 0.305 e. The molecule has 1 rings (SSSR count). The molecule has 1 aliphatic heterocycles. The molecule has 0 radical (unpaired) electrons. The smallest absolute Gasteiger partial charge is 0.305 e. The van der Waals surface area contributed by atoms with Crippen LogP contribution in [0.25, 0.3) is 0 Å². The topological polar surface area (TPSA) is 65.1 Å². The molecule has 0 aliphatic carbocycles.